The Morgan fingerprint density at radius 2 is 2.21 bits per heavy atom. The van der Waals surface area contributed by atoms with Gasteiger partial charge in [-0.3, -0.25) is 0 Å². The highest BCUT2D eigenvalue weighted by Gasteiger charge is 2.28. The van der Waals surface area contributed by atoms with Crippen LogP contribution in [0.4, 0.5) is 0 Å². The molecule has 0 aromatic heterocycles. The molecule has 80 valence electrons. The first kappa shape index (κ1) is 11.8. The molecule has 0 aromatic rings. The van der Waals surface area contributed by atoms with Crippen LogP contribution in [0.5, 0.6) is 0 Å². The van der Waals surface area contributed by atoms with E-state index in [1.807, 2.05) is 0 Å². The molecule has 0 amide bonds. The Balaban J connectivity index is 2.29. The first-order valence-electron chi connectivity index (χ1n) is 5.50. The molecular weight excluding hydrogens is 191 g/mol. The van der Waals surface area contributed by atoms with Crippen molar-refractivity contribution in [1.82, 2.24) is 9.80 Å². The lowest BCUT2D eigenvalue weighted by Crippen LogP contribution is -2.29. The lowest BCUT2D eigenvalue weighted by molar-refractivity contribution is 0.366. The third-order valence-corrected chi connectivity index (χ3v) is 3.58. The van der Waals surface area contributed by atoms with Crippen LogP contribution in [-0.2, 0) is 0 Å². The molecule has 2 unspecified atom stereocenters. The Bertz CT molecular complexity index is 208. The fraction of sp³-hybridized carbons (Fsp3) is 0.900. The molecule has 0 spiro atoms. The minimum atomic E-state index is 0.645. The SMILES string of the molecule is BC(C)CCCC1CN(C)C(=S)N1C. The predicted octanol–water partition coefficient (Wildman–Crippen LogP) is 1.13. The van der Waals surface area contributed by atoms with Crippen LogP contribution in [-0.4, -0.2) is 49.4 Å². The molecule has 2 atom stereocenters. The quantitative estimate of drug-likeness (QED) is 0.509. The molecule has 1 saturated heterocycles. The van der Waals surface area contributed by atoms with Crippen molar-refractivity contribution in [3.05, 3.63) is 0 Å². The third kappa shape index (κ3) is 2.87. The topological polar surface area (TPSA) is 6.48 Å². The van der Waals surface area contributed by atoms with E-state index in [4.69, 9.17) is 12.2 Å². The van der Waals surface area contributed by atoms with E-state index in [2.05, 4.69) is 38.7 Å². The van der Waals surface area contributed by atoms with Crippen molar-refractivity contribution in [3.8, 4) is 0 Å². The summed E-state index contributed by atoms with van der Waals surface area (Å²) in [6, 6.07) is 0.645. The molecule has 0 aromatic carbocycles. The summed E-state index contributed by atoms with van der Waals surface area (Å²) in [5.74, 6) is 0.825. The van der Waals surface area contributed by atoms with E-state index in [-0.39, 0.29) is 0 Å². The zero-order valence-corrected chi connectivity index (χ0v) is 10.6. The Labute approximate surface area is 94.0 Å². The van der Waals surface area contributed by atoms with Crippen LogP contribution in [0, 0.1) is 0 Å². The molecule has 1 rings (SSSR count). The smallest absolute Gasteiger partial charge is 0.171 e. The summed E-state index contributed by atoms with van der Waals surface area (Å²) in [6.07, 6.45) is 3.93. The maximum Gasteiger partial charge on any atom is 0.171 e. The molecular formula is C10H21BN2S. The summed E-state index contributed by atoms with van der Waals surface area (Å²) in [7, 11) is 6.49. The number of likely N-dealkylation sites (N-methyl/N-ethyl adjacent to an activating group) is 2. The van der Waals surface area contributed by atoms with Gasteiger partial charge < -0.3 is 9.80 Å². The van der Waals surface area contributed by atoms with Gasteiger partial charge in [0.15, 0.2) is 5.11 Å². The summed E-state index contributed by atoms with van der Waals surface area (Å²) in [5, 5.41) is 1.000. The van der Waals surface area contributed by atoms with E-state index < -0.39 is 0 Å². The average Bonchev–Trinajstić information content (AvgIpc) is 2.33. The van der Waals surface area contributed by atoms with Gasteiger partial charge in [-0.05, 0) is 18.6 Å². The van der Waals surface area contributed by atoms with Crippen LogP contribution < -0.4 is 0 Å². The Morgan fingerprint density at radius 1 is 1.57 bits per heavy atom. The molecule has 0 bridgehead atoms. The number of hydrogen-bond acceptors (Lipinski definition) is 1. The standard InChI is InChI=1S/C10H21BN2S/c1-8(11)5-4-6-9-7-12(2)10(14)13(9)3/h8-9H,4-7,11H2,1-3H3. The van der Waals surface area contributed by atoms with E-state index in [9.17, 15) is 0 Å². The maximum atomic E-state index is 5.30. The third-order valence-electron chi connectivity index (χ3n) is 2.98. The summed E-state index contributed by atoms with van der Waals surface area (Å²) in [4.78, 5) is 4.42. The lowest BCUT2D eigenvalue weighted by Gasteiger charge is -2.19. The average molecular weight is 212 g/mol. The van der Waals surface area contributed by atoms with Gasteiger partial charge in [0.25, 0.3) is 0 Å². The van der Waals surface area contributed by atoms with Gasteiger partial charge in [0.2, 0.25) is 0 Å². The van der Waals surface area contributed by atoms with Crippen LogP contribution in [0.25, 0.3) is 0 Å². The van der Waals surface area contributed by atoms with Crippen LogP contribution in [0.2, 0.25) is 5.82 Å². The number of hydrogen-bond donors (Lipinski definition) is 0. The molecule has 4 heteroatoms. The highest BCUT2D eigenvalue weighted by atomic mass is 32.1. The lowest BCUT2D eigenvalue weighted by atomic mass is 9.84. The van der Waals surface area contributed by atoms with Crippen molar-refractivity contribution in [3.63, 3.8) is 0 Å². The molecule has 1 aliphatic heterocycles. The molecule has 1 fully saturated rings. The van der Waals surface area contributed by atoms with Gasteiger partial charge in [-0.25, -0.2) is 0 Å². The largest absolute Gasteiger partial charge is 0.350 e. The van der Waals surface area contributed by atoms with Crippen molar-refractivity contribution in [2.24, 2.45) is 0 Å². The van der Waals surface area contributed by atoms with Gasteiger partial charge in [0.1, 0.15) is 7.85 Å². The molecule has 0 radical (unpaired) electrons. The Hall–Kier alpha value is -0.245. The second-order valence-electron chi connectivity index (χ2n) is 4.75. The number of rotatable bonds is 4. The van der Waals surface area contributed by atoms with E-state index in [1.165, 1.54) is 19.3 Å². The van der Waals surface area contributed by atoms with Crippen molar-refractivity contribution in [2.45, 2.75) is 38.0 Å². The van der Waals surface area contributed by atoms with Crippen molar-refractivity contribution in [2.75, 3.05) is 20.6 Å². The fourth-order valence-corrected chi connectivity index (χ4v) is 2.21. The Morgan fingerprint density at radius 3 is 2.64 bits per heavy atom. The summed E-state index contributed by atoms with van der Waals surface area (Å²) >= 11 is 5.30. The second-order valence-corrected chi connectivity index (χ2v) is 5.12. The van der Waals surface area contributed by atoms with Gasteiger partial charge in [-0.1, -0.05) is 25.6 Å². The van der Waals surface area contributed by atoms with E-state index >= 15 is 0 Å². The van der Waals surface area contributed by atoms with Crippen LogP contribution in [0.15, 0.2) is 0 Å². The van der Waals surface area contributed by atoms with E-state index in [1.54, 1.807) is 0 Å². The molecule has 0 N–H and O–H groups in total. The predicted molar refractivity (Wildman–Crippen MR) is 68.6 cm³/mol. The summed E-state index contributed by atoms with van der Waals surface area (Å²) in [6.45, 7) is 3.39. The first-order chi connectivity index (χ1) is 6.52. The number of thiocarbonyl (C=S) groups is 1. The van der Waals surface area contributed by atoms with E-state index in [0.717, 1.165) is 17.5 Å². The van der Waals surface area contributed by atoms with Crippen molar-refractivity contribution >= 4 is 25.2 Å². The molecule has 0 saturated carbocycles. The molecule has 1 heterocycles. The van der Waals surface area contributed by atoms with Gasteiger partial charge in [-0.15, -0.1) is 0 Å². The number of nitrogens with zero attached hydrogens (tertiary/aromatic N) is 2. The molecule has 2 nitrogen and oxygen atoms in total. The minimum absolute atomic E-state index is 0.645. The van der Waals surface area contributed by atoms with Gasteiger partial charge >= 0.3 is 0 Å². The molecule has 1 aliphatic rings. The Kier molecular flexibility index (Phi) is 4.23. The highest BCUT2D eigenvalue weighted by Crippen LogP contribution is 2.19. The normalized spacial score (nSPS) is 24.5. The van der Waals surface area contributed by atoms with Crippen LogP contribution in [0.1, 0.15) is 26.2 Å². The zero-order valence-electron chi connectivity index (χ0n) is 9.79. The van der Waals surface area contributed by atoms with Crippen LogP contribution >= 0.6 is 12.2 Å². The second kappa shape index (κ2) is 5.01. The minimum Gasteiger partial charge on any atom is -0.350 e. The zero-order chi connectivity index (χ0) is 10.7. The van der Waals surface area contributed by atoms with E-state index in [0.29, 0.717) is 6.04 Å². The first-order valence-corrected chi connectivity index (χ1v) is 5.91. The summed E-state index contributed by atoms with van der Waals surface area (Å²) in [5.41, 5.74) is 0. The molecule has 0 aliphatic carbocycles. The van der Waals surface area contributed by atoms with Crippen LogP contribution in [0.3, 0.4) is 0 Å². The van der Waals surface area contributed by atoms with Gasteiger partial charge in [0, 0.05) is 26.7 Å². The van der Waals surface area contributed by atoms with Crippen molar-refractivity contribution in [1.29, 1.82) is 0 Å². The molecule has 14 heavy (non-hydrogen) atoms. The maximum absolute atomic E-state index is 5.30. The summed E-state index contributed by atoms with van der Waals surface area (Å²) < 4.78 is 0. The fourth-order valence-electron chi connectivity index (χ4n) is 1.99. The monoisotopic (exact) mass is 212 g/mol. The highest BCUT2D eigenvalue weighted by molar-refractivity contribution is 7.80. The van der Waals surface area contributed by atoms with Gasteiger partial charge in [-0.2, -0.15) is 0 Å². The van der Waals surface area contributed by atoms with Gasteiger partial charge in [0.05, 0.1) is 0 Å². The van der Waals surface area contributed by atoms with Crippen molar-refractivity contribution < 1.29 is 0 Å².